The number of ether oxygens (including phenoxy) is 2. The van der Waals surface area contributed by atoms with Gasteiger partial charge in [0.15, 0.2) is 13.2 Å². The minimum Gasteiger partial charge on any atom is -0.484 e. The third kappa shape index (κ3) is 6.93. The van der Waals surface area contributed by atoms with E-state index in [1.165, 1.54) is 0 Å². The molecule has 1 aromatic carbocycles. The van der Waals surface area contributed by atoms with Gasteiger partial charge in [0.2, 0.25) is 0 Å². The first-order valence-electron chi connectivity index (χ1n) is 7.69. The third-order valence-electron chi connectivity index (χ3n) is 3.51. The van der Waals surface area contributed by atoms with Gasteiger partial charge >= 0.3 is 18.4 Å². The third-order valence-corrected chi connectivity index (χ3v) is 3.51. The summed E-state index contributed by atoms with van der Waals surface area (Å²) in [6.45, 7) is -3.48. The van der Waals surface area contributed by atoms with Gasteiger partial charge in [-0.1, -0.05) is 0 Å². The zero-order valence-electron chi connectivity index (χ0n) is 13.9. The van der Waals surface area contributed by atoms with Crippen LogP contribution in [0, 0.1) is 0 Å². The van der Waals surface area contributed by atoms with Crippen molar-refractivity contribution in [3.8, 4) is 11.5 Å². The normalized spacial score (nSPS) is 15.9. The molecule has 0 aromatic heterocycles. The van der Waals surface area contributed by atoms with Crippen LogP contribution < -0.4 is 20.1 Å². The van der Waals surface area contributed by atoms with Crippen molar-refractivity contribution in [2.24, 2.45) is 0 Å². The average Bonchev–Trinajstić information content (AvgIpc) is 3.30. The highest BCUT2D eigenvalue weighted by Crippen LogP contribution is 2.41. The Bertz CT molecular complexity index is 665. The van der Waals surface area contributed by atoms with E-state index in [2.05, 4.69) is 14.8 Å². The molecule has 1 aliphatic carbocycles. The van der Waals surface area contributed by atoms with Crippen LogP contribution in [0.5, 0.6) is 11.5 Å². The molecule has 2 N–H and O–H groups in total. The second-order valence-corrected chi connectivity index (χ2v) is 6.04. The fraction of sp³-hybridized carbons (Fsp3) is 0.533. The quantitative estimate of drug-likeness (QED) is 0.637. The Hall–Kier alpha value is -2.47. The van der Waals surface area contributed by atoms with E-state index in [0.717, 1.165) is 18.2 Å². The van der Waals surface area contributed by atoms with Crippen LogP contribution in [0.3, 0.4) is 0 Å². The molecule has 2 amide bonds. The Balaban J connectivity index is 2.12. The number of amides is 2. The Morgan fingerprint density at radius 3 is 1.79 bits per heavy atom. The molecular formula is C15H14F8N2O3. The van der Waals surface area contributed by atoms with Gasteiger partial charge in [0, 0.05) is 23.9 Å². The summed E-state index contributed by atoms with van der Waals surface area (Å²) in [6.07, 6.45) is -12.2. The van der Waals surface area contributed by atoms with Crippen molar-refractivity contribution >= 4 is 11.7 Å². The predicted octanol–water partition coefficient (Wildman–Crippen LogP) is 4.49. The van der Waals surface area contributed by atoms with Crippen molar-refractivity contribution < 1.29 is 49.4 Å². The Kier molecular flexibility index (Phi) is 6.14. The molecule has 0 unspecified atom stereocenters. The lowest BCUT2D eigenvalue weighted by molar-refractivity contribution is -0.153. The number of benzene rings is 1. The van der Waals surface area contributed by atoms with Crippen LogP contribution in [0.1, 0.15) is 12.8 Å². The SMILES string of the molecule is O=C(Nc1cc(OCC(F)(F)F)cc(OCC(F)(F)F)c1)NC1(C(F)F)CC1. The van der Waals surface area contributed by atoms with Crippen molar-refractivity contribution in [2.45, 2.75) is 37.2 Å². The first kappa shape index (κ1) is 21.8. The molecule has 28 heavy (non-hydrogen) atoms. The van der Waals surface area contributed by atoms with Crippen molar-refractivity contribution in [2.75, 3.05) is 18.5 Å². The zero-order chi connectivity index (χ0) is 21.2. The van der Waals surface area contributed by atoms with E-state index >= 15 is 0 Å². The average molecular weight is 422 g/mol. The number of nitrogens with one attached hydrogen (secondary N) is 2. The summed E-state index contributed by atoms with van der Waals surface area (Å²) in [6, 6.07) is 1.43. The minimum absolute atomic E-state index is 0.0345. The molecule has 0 heterocycles. The lowest BCUT2D eigenvalue weighted by atomic mass is 10.2. The van der Waals surface area contributed by atoms with E-state index in [1.807, 2.05) is 5.32 Å². The first-order chi connectivity index (χ1) is 12.8. The highest BCUT2D eigenvalue weighted by atomic mass is 19.4. The maximum atomic E-state index is 12.8. The predicted molar refractivity (Wildman–Crippen MR) is 79.7 cm³/mol. The summed E-state index contributed by atoms with van der Waals surface area (Å²) in [5, 5.41) is 4.09. The van der Waals surface area contributed by atoms with Crippen molar-refractivity contribution in [3.63, 3.8) is 0 Å². The van der Waals surface area contributed by atoms with Crippen LogP contribution >= 0.6 is 0 Å². The number of alkyl halides is 8. The van der Waals surface area contributed by atoms with Gasteiger partial charge in [0.25, 0.3) is 6.43 Å². The van der Waals surface area contributed by atoms with Crippen molar-refractivity contribution in [3.05, 3.63) is 18.2 Å². The highest BCUT2D eigenvalue weighted by Gasteiger charge is 2.52. The Morgan fingerprint density at radius 2 is 1.43 bits per heavy atom. The molecule has 0 saturated heterocycles. The zero-order valence-corrected chi connectivity index (χ0v) is 13.9. The summed E-state index contributed by atoms with van der Waals surface area (Å²) in [4.78, 5) is 11.8. The second-order valence-electron chi connectivity index (χ2n) is 6.04. The molecule has 13 heteroatoms. The van der Waals surface area contributed by atoms with E-state index in [0.29, 0.717) is 0 Å². The van der Waals surface area contributed by atoms with Gasteiger partial charge in [-0.15, -0.1) is 0 Å². The molecule has 0 bridgehead atoms. The van der Waals surface area contributed by atoms with Crippen LogP contribution in [0.4, 0.5) is 45.6 Å². The lowest BCUT2D eigenvalue weighted by Crippen LogP contribution is -2.44. The van der Waals surface area contributed by atoms with Gasteiger partial charge in [0.1, 0.15) is 17.0 Å². The molecule has 1 aliphatic rings. The number of hydrogen-bond acceptors (Lipinski definition) is 3. The van der Waals surface area contributed by atoms with E-state index in [4.69, 9.17) is 0 Å². The number of anilines is 1. The number of urea groups is 1. The molecule has 158 valence electrons. The van der Waals surface area contributed by atoms with Crippen LogP contribution in [0.25, 0.3) is 0 Å². The number of carbonyl (C=O) groups excluding carboxylic acids is 1. The monoisotopic (exact) mass is 422 g/mol. The highest BCUT2D eigenvalue weighted by molar-refractivity contribution is 5.90. The maximum Gasteiger partial charge on any atom is 0.422 e. The summed E-state index contributed by atoms with van der Waals surface area (Å²) < 4.78 is 108. The molecule has 0 aliphatic heterocycles. The van der Waals surface area contributed by atoms with Gasteiger partial charge in [-0.2, -0.15) is 26.3 Å². The molecule has 1 saturated carbocycles. The minimum atomic E-state index is -4.72. The van der Waals surface area contributed by atoms with Crippen LogP contribution in [-0.2, 0) is 0 Å². The maximum absolute atomic E-state index is 12.8. The van der Waals surface area contributed by atoms with Gasteiger partial charge in [0.05, 0.1) is 0 Å². The van der Waals surface area contributed by atoms with E-state index in [1.54, 1.807) is 0 Å². The fourth-order valence-electron chi connectivity index (χ4n) is 2.06. The molecule has 5 nitrogen and oxygen atoms in total. The molecule has 2 rings (SSSR count). The van der Waals surface area contributed by atoms with Gasteiger partial charge in [-0.25, -0.2) is 13.6 Å². The summed E-state index contributed by atoms with van der Waals surface area (Å²) in [5.74, 6) is -1.08. The molecule has 0 radical (unpaired) electrons. The van der Waals surface area contributed by atoms with Crippen molar-refractivity contribution in [1.29, 1.82) is 0 Å². The number of hydrogen-bond donors (Lipinski definition) is 2. The van der Waals surface area contributed by atoms with E-state index in [9.17, 15) is 39.9 Å². The molecule has 0 atom stereocenters. The summed E-state index contributed by atoms with van der Waals surface area (Å²) in [5.41, 5.74) is -2.00. The smallest absolute Gasteiger partial charge is 0.422 e. The van der Waals surface area contributed by atoms with Gasteiger partial charge in [-0.3, -0.25) is 0 Å². The van der Waals surface area contributed by atoms with Crippen LogP contribution in [-0.4, -0.2) is 43.6 Å². The molecular weight excluding hydrogens is 408 g/mol. The standard InChI is InChI=1S/C15H14F8N2O3/c16-11(17)13(1-2-13)25-12(26)24-8-3-9(27-6-14(18,19)20)5-10(4-8)28-7-15(21,22)23/h3-5,11H,1-2,6-7H2,(H2,24,25,26). The molecule has 0 spiro atoms. The molecule has 1 fully saturated rings. The van der Waals surface area contributed by atoms with Crippen LogP contribution in [0.2, 0.25) is 0 Å². The largest absolute Gasteiger partial charge is 0.484 e. The number of rotatable bonds is 7. The topological polar surface area (TPSA) is 59.6 Å². The van der Waals surface area contributed by atoms with Crippen molar-refractivity contribution in [1.82, 2.24) is 5.32 Å². The van der Waals surface area contributed by atoms with Crippen LogP contribution in [0.15, 0.2) is 18.2 Å². The van der Waals surface area contributed by atoms with Gasteiger partial charge in [-0.05, 0) is 12.8 Å². The van der Waals surface area contributed by atoms with E-state index < -0.39 is 55.1 Å². The fourth-order valence-corrected chi connectivity index (χ4v) is 2.06. The number of carbonyl (C=O) groups is 1. The molecule has 1 aromatic rings. The van der Waals surface area contributed by atoms with Gasteiger partial charge < -0.3 is 20.1 Å². The lowest BCUT2D eigenvalue weighted by Gasteiger charge is -2.18. The first-order valence-corrected chi connectivity index (χ1v) is 7.69. The summed E-state index contributed by atoms with van der Waals surface area (Å²) in [7, 11) is 0. The number of halogens is 8. The second kappa shape index (κ2) is 7.87. The van der Waals surface area contributed by atoms with E-state index in [-0.39, 0.29) is 18.5 Å². The Morgan fingerprint density at radius 1 is 0.964 bits per heavy atom. The summed E-state index contributed by atoms with van der Waals surface area (Å²) >= 11 is 0. The Labute approximate surface area is 153 Å².